The lowest BCUT2D eigenvalue weighted by molar-refractivity contribution is 1.28. The molecule has 0 spiro atoms. The molecule has 0 saturated carbocycles. The molecule has 4 heteroatoms. The van der Waals surface area contributed by atoms with Crippen LogP contribution in [0.25, 0.3) is 61.2 Å². The molecule has 1 aliphatic carbocycles. The largest absolute Gasteiger partial charge is 0.144 e. The van der Waals surface area contributed by atoms with Gasteiger partial charge in [-0.25, -0.2) is 0 Å². The Morgan fingerprint density at radius 3 is 2.10 bits per heavy atom. The second kappa shape index (κ2) is 6.05. The molecule has 0 amide bonds. The van der Waals surface area contributed by atoms with Crippen molar-refractivity contribution in [2.75, 3.05) is 0 Å². The van der Waals surface area contributed by atoms with E-state index in [1.807, 2.05) is 45.3 Å². The molecule has 0 unspecified atom stereocenters. The lowest BCUT2D eigenvalue weighted by Crippen LogP contribution is -1.77. The van der Waals surface area contributed by atoms with Gasteiger partial charge in [-0.05, 0) is 115 Å². The van der Waals surface area contributed by atoms with Crippen molar-refractivity contribution >= 4 is 87.1 Å². The Bertz CT molecular complexity index is 1730. The van der Waals surface area contributed by atoms with E-state index in [1.165, 1.54) is 72.4 Å². The molecule has 1 aliphatic rings. The number of fused-ring (bicyclic) bond motifs is 7. The predicted octanol–water partition coefficient (Wildman–Crippen LogP) is 9.78. The van der Waals surface area contributed by atoms with Gasteiger partial charge in [-0.1, -0.05) is 0 Å². The van der Waals surface area contributed by atoms with E-state index in [4.69, 9.17) is 0 Å². The number of benzene rings is 3. The van der Waals surface area contributed by atoms with Gasteiger partial charge in [0.05, 0.1) is 0 Å². The number of hydrogen-bond donors (Lipinski definition) is 0. The Balaban J connectivity index is 1.30. The van der Waals surface area contributed by atoms with Gasteiger partial charge in [-0.3, -0.25) is 0 Å². The Kier molecular flexibility index (Phi) is 3.34. The Labute approximate surface area is 194 Å². The van der Waals surface area contributed by atoms with Gasteiger partial charge in [-0.15, -0.1) is 45.3 Å². The summed E-state index contributed by atoms with van der Waals surface area (Å²) >= 11 is 7.61. The fourth-order valence-electron chi connectivity index (χ4n) is 4.87. The molecule has 0 N–H and O–H groups in total. The molecule has 0 nitrogen and oxygen atoms in total. The maximum absolute atomic E-state index is 2.43. The summed E-state index contributed by atoms with van der Waals surface area (Å²) < 4.78 is 2.74. The first-order valence-electron chi connectivity index (χ1n) is 10.3. The first kappa shape index (κ1) is 17.1. The molecular weight excluding hydrogens is 453 g/mol. The second-order valence-corrected chi connectivity index (χ2v) is 12.3. The Hall–Kier alpha value is -2.50. The van der Waals surface area contributed by atoms with E-state index in [1.54, 1.807) is 0 Å². The van der Waals surface area contributed by atoms with Crippen LogP contribution in [-0.4, -0.2) is 0 Å². The van der Waals surface area contributed by atoms with Gasteiger partial charge in [0.25, 0.3) is 0 Å². The molecular formula is C27H14S4. The van der Waals surface area contributed by atoms with Gasteiger partial charge < -0.3 is 0 Å². The smallest absolute Gasteiger partial charge is 0.0487 e. The van der Waals surface area contributed by atoms with Gasteiger partial charge >= 0.3 is 0 Å². The minimum atomic E-state index is 1.10. The van der Waals surface area contributed by atoms with E-state index in [2.05, 4.69) is 71.4 Å². The first-order chi connectivity index (χ1) is 15.3. The van der Waals surface area contributed by atoms with Crippen LogP contribution >= 0.6 is 45.3 Å². The quantitative estimate of drug-likeness (QED) is 0.211. The van der Waals surface area contributed by atoms with Crippen LogP contribution in [0.2, 0.25) is 0 Å². The monoisotopic (exact) mass is 466 g/mol. The lowest BCUT2D eigenvalue weighted by Gasteiger charge is -2.04. The molecule has 8 rings (SSSR count). The Morgan fingerprint density at radius 2 is 1.19 bits per heavy atom. The van der Waals surface area contributed by atoms with Crippen molar-refractivity contribution in [1.82, 2.24) is 0 Å². The van der Waals surface area contributed by atoms with Gasteiger partial charge in [0.1, 0.15) is 0 Å². The van der Waals surface area contributed by atoms with Crippen molar-refractivity contribution in [2.24, 2.45) is 0 Å². The zero-order valence-electron chi connectivity index (χ0n) is 16.3. The predicted molar refractivity (Wildman–Crippen MR) is 142 cm³/mol. The topological polar surface area (TPSA) is 0 Å². The van der Waals surface area contributed by atoms with Crippen LogP contribution in [-0.2, 0) is 6.42 Å². The maximum atomic E-state index is 2.43. The fourth-order valence-corrected chi connectivity index (χ4v) is 9.18. The van der Waals surface area contributed by atoms with Crippen molar-refractivity contribution in [3.63, 3.8) is 0 Å². The van der Waals surface area contributed by atoms with Crippen molar-refractivity contribution in [3.05, 3.63) is 82.6 Å². The van der Waals surface area contributed by atoms with Crippen LogP contribution in [0.3, 0.4) is 0 Å². The third kappa shape index (κ3) is 2.45. The molecule has 0 saturated heterocycles. The van der Waals surface area contributed by atoms with E-state index < -0.39 is 0 Å². The molecule has 0 aliphatic heterocycles. The highest BCUT2D eigenvalue weighted by molar-refractivity contribution is 7.28. The zero-order chi connectivity index (χ0) is 20.1. The van der Waals surface area contributed by atoms with Crippen molar-refractivity contribution in [1.29, 1.82) is 0 Å². The van der Waals surface area contributed by atoms with Gasteiger partial charge in [0, 0.05) is 35.3 Å². The highest BCUT2D eigenvalue weighted by atomic mass is 32.1. The summed E-state index contributed by atoms with van der Waals surface area (Å²) in [5, 5.41) is 12.4. The minimum Gasteiger partial charge on any atom is -0.144 e. The van der Waals surface area contributed by atoms with Crippen molar-refractivity contribution in [3.8, 4) is 19.5 Å². The van der Waals surface area contributed by atoms with Crippen LogP contribution in [0.15, 0.2) is 71.4 Å². The first-order valence-corrected chi connectivity index (χ1v) is 13.7. The van der Waals surface area contributed by atoms with Crippen LogP contribution in [0.5, 0.6) is 0 Å². The molecule has 7 aromatic rings. The average Bonchev–Trinajstić information content (AvgIpc) is 3.54. The summed E-state index contributed by atoms with van der Waals surface area (Å²) in [6.07, 6.45) is 1.10. The van der Waals surface area contributed by atoms with E-state index in [0.29, 0.717) is 0 Å². The fraction of sp³-hybridized carbons (Fsp3) is 0.0370. The maximum Gasteiger partial charge on any atom is 0.0487 e. The molecule has 0 atom stereocenters. The SMILES string of the molecule is c1cc2c(s1)-c1sc(-c3cc4cc5cc6cc7sccc7cc6cc5cc4s3)cc1C2. The molecule has 0 radical (unpaired) electrons. The van der Waals surface area contributed by atoms with Crippen LogP contribution < -0.4 is 0 Å². The Morgan fingerprint density at radius 1 is 0.484 bits per heavy atom. The second-order valence-electron chi connectivity index (χ2n) is 8.27. The van der Waals surface area contributed by atoms with E-state index in [-0.39, 0.29) is 0 Å². The van der Waals surface area contributed by atoms with E-state index >= 15 is 0 Å². The molecule has 0 fully saturated rings. The van der Waals surface area contributed by atoms with Crippen molar-refractivity contribution < 1.29 is 0 Å². The third-order valence-corrected chi connectivity index (χ3v) is 10.9. The summed E-state index contributed by atoms with van der Waals surface area (Å²) in [7, 11) is 0. The third-order valence-electron chi connectivity index (χ3n) is 6.39. The molecule has 146 valence electrons. The normalized spacial score (nSPS) is 13.0. The highest BCUT2D eigenvalue weighted by Crippen LogP contribution is 2.49. The van der Waals surface area contributed by atoms with E-state index in [0.717, 1.165) is 6.42 Å². The van der Waals surface area contributed by atoms with Gasteiger partial charge in [0.15, 0.2) is 0 Å². The van der Waals surface area contributed by atoms with Crippen LogP contribution in [0.1, 0.15) is 11.1 Å². The number of thiophene rings is 4. The van der Waals surface area contributed by atoms with Gasteiger partial charge in [0.2, 0.25) is 0 Å². The zero-order valence-corrected chi connectivity index (χ0v) is 19.5. The molecule has 4 heterocycles. The molecule has 4 aromatic heterocycles. The van der Waals surface area contributed by atoms with E-state index in [9.17, 15) is 0 Å². The molecule has 31 heavy (non-hydrogen) atoms. The minimum absolute atomic E-state index is 1.10. The number of rotatable bonds is 1. The van der Waals surface area contributed by atoms with Crippen LogP contribution in [0.4, 0.5) is 0 Å². The highest BCUT2D eigenvalue weighted by Gasteiger charge is 2.23. The van der Waals surface area contributed by atoms with Crippen molar-refractivity contribution in [2.45, 2.75) is 6.42 Å². The number of hydrogen-bond acceptors (Lipinski definition) is 4. The van der Waals surface area contributed by atoms with Crippen LogP contribution in [0, 0.1) is 0 Å². The molecule has 3 aromatic carbocycles. The standard InChI is InChI=1S/C27H14S4/c1-3-28-22-10-18-8-17-9-20-12-24(30-23(20)11-19(17)7-16(18)5-14(1)22)25-13-21-6-15-2-4-29-26(15)27(21)31-25/h1-5,7-13H,6H2. The van der Waals surface area contributed by atoms with Gasteiger partial charge in [-0.2, -0.15) is 0 Å². The molecule has 0 bridgehead atoms. The summed E-state index contributed by atoms with van der Waals surface area (Å²) in [6, 6.07) is 23.5. The summed E-state index contributed by atoms with van der Waals surface area (Å²) in [6.45, 7) is 0. The summed E-state index contributed by atoms with van der Waals surface area (Å²) in [5.74, 6) is 0. The average molecular weight is 467 g/mol. The lowest BCUT2D eigenvalue weighted by atomic mass is 10.0. The summed E-state index contributed by atoms with van der Waals surface area (Å²) in [4.78, 5) is 5.80. The summed E-state index contributed by atoms with van der Waals surface area (Å²) in [5.41, 5.74) is 3.02.